The van der Waals surface area contributed by atoms with Gasteiger partial charge in [-0.05, 0) is 42.7 Å². The molecule has 5 nitrogen and oxygen atoms in total. The Morgan fingerprint density at radius 3 is 2.23 bits per heavy atom. The summed E-state index contributed by atoms with van der Waals surface area (Å²) in [4.78, 5) is 37.7. The number of amides is 2. The summed E-state index contributed by atoms with van der Waals surface area (Å²) in [6.07, 6.45) is 4.81. The number of carbonyl (C=O) groups excluding carboxylic acids is 3. The van der Waals surface area contributed by atoms with Crippen LogP contribution in [0.1, 0.15) is 39.1 Å². The molecule has 26 heavy (non-hydrogen) atoms. The van der Waals surface area contributed by atoms with Crippen LogP contribution in [-0.2, 0) is 11.2 Å². The van der Waals surface area contributed by atoms with Gasteiger partial charge in [-0.15, -0.1) is 0 Å². The molecule has 2 N–H and O–H groups in total. The van der Waals surface area contributed by atoms with Gasteiger partial charge in [0.05, 0.1) is 11.1 Å². The SMILES string of the molecule is Nc1ccccc1CC(=O)/C=C/CCCN1C(=O)c2ccccc2C1=O. The number of imide groups is 1. The van der Waals surface area contributed by atoms with Gasteiger partial charge in [-0.1, -0.05) is 36.4 Å². The van der Waals surface area contributed by atoms with E-state index in [9.17, 15) is 14.4 Å². The zero-order valence-electron chi connectivity index (χ0n) is 14.4. The molecule has 2 aromatic rings. The lowest BCUT2D eigenvalue weighted by Crippen LogP contribution is -2.30. The number of rotatable bonds is 7. The first-order valence-corrected chi connectivity index (χ1v) is 8.56. The minimum absolute atomic E-state index is 0.0244. The molecular formula is C21H20N2O3. The molecule has 0 aromatic heterocycles. The van der Waals surface area contributed by atoms with E-state index in [0.717, 1.165) is 5.56 Å². The van der Waals surface area contributed by atoms with Gasteiger partial charge < -0.3 is 5.73 Å². The van der Waals surface area contributed by atoms with Crippen LogP contribution in [0.4, 0.5) is 5.69 Å². The van der Waals surface area contributed by atoms with E-state index in [1.165, 1.54) is 11.0 Å². The van der Waals surface area contributed by atoms with Gasteiger partial charge in [-0.25, -0.2) is 0 Å². The number of hydrogen-bond donors (Lipinski definition) is 1. The first-order valence-electron chi connectivity index (χ1n) is 8.56. The summed E-state index contributed by atoms with van der Waals surface area (Å²) in [5.41, 5.74) is 8.18. The normalized spacial score (nSPS) is 13.5. The van der Waals surface area contributed by atoms with Crippen LogP contribution < -0.4 is 5.73 Å². The maximum Gasteiger partial charge on any atom is 0.261 e. The quantitative estimate of drug-likeness (QED) is 0.361. The first kappa shape index (κ1) is 17.6. The Morgan fingerprint density at radius 1 is 0.962 bits per heavy atom. The molecule has 0 radical (unpaired) electrons. The summed E-state index contributed by atoms with van der Waals surface area (Å²) in [5.74, 6) is -0.515. The van der Waals surface area contributed by atoms with Crippen molar-refractivity contribution in [1.82, 2.24) is 4.90 Å². The van der Waals surface area contributed by atoms with E-state index in [-0.39, 0.29) is 24.0 Å². The Morgan fingerprint density at radius 2 is 1.58 bits per heavy atom. The molecule has 0 fully saturated rings. The molecule has 0 bridgehead atoms. The Hall–Kier alpha value is -3.21. The van der Waals surface area contributed by atoms with E-state index in [1.54, 1.807) is 36.4 Å². The van der Waals surface area contributed by atoms with Crippen molar-refractivity contribution in [3.8, 4) is 0 Å². The van der Waals surface area contributed by atoms with E-state index in [1.807, 2.05) is 18.2 Å². The number of allylic oxidation sites excluding steroid dienone is 2. The van der Waals surface area contributed by atoms with Gasteiger partial charge in [0.15, 0.2) is 5.78 Å². The van der Waals surface area contributed by atoms with Crippen LogP contribution in [0.2, 0.25) is 0 Å². The maximum atomic E-state index is 12.2. The molecule has 0 aliphatic carbocycles. The summed E-state index contributed by atoms with van der Waals surface area (Å²) in [6.45, 7) is 0.344. The van der Waals surface area contributed by atoms with Crippen molar-refractivity contribution in [3.63, 3.8) is 0 Å². The van der Waals surface area contributed by atoms with Gasteiger partial charge in [-0.2, -0.15) is 0 Å². The molecule has 132 valence electrons. The van der Waals surface area contributed by atoms with Crippen LogP contribution >= 0.6 is 0 Å². The highest BCUT2D eigenvalue weighted by molar-refractivity contribution is 6.21. The average Bonchev–Trinajstić information content (AvgIpc) is 2.88. The first-order chi connectivity index (χ1) is 12.6. The van der Waals surface area contributed by atoms with Crippen LogP contribution in [0.25, 0.3) is 0 Å². The number of nitrogens with two attached hydrogens (primary N) is 1. The van der Waals surface area contributed by atoms with Gasteiger partial charge in [0.2, 0.25) is 0 Å². The zero-order chi connectivity index (χ0) is 18.5. The van der Waals surface area contributed by atoms with Crippen LogP contribution in [0.3, 0.4) is 0 Å². The third-order valence-corrected chi connectivity index (χ3v) is 4.35. The van der Waals surface area contributed by atoms with E-state index in [0.29, 0.717) is 36.2 Å². The molecule has 5 heteroatoms. The highest BCUT2D eigenvalue weighted by atomic mass is 16.2. The molecule has 0 saturated carbocycles. The summed E-state index contributed by atoms with van der Waals surface area (Å²) in [6, 6.07) is 14.1. The number of carbonyl (C=O) groups is 3. The predicted molar refractivity (Wildman–Crippen MR) is 99.7 cm³/mol. The highest BCUT2D eigenvalue weighted by Crippen LogP contribution is 2.22. The number of ketones is 1. The number of unbranched alkanes of at least 4 members (excludes halogenated alkanes) is 1. The number of para-hydroxylation sites is 1. The van der Waals surface area contributed by atoms with E-state index in [4.69, 9.17) is 5.73 Å². The van der Waals surface area contributed by atoms with E-state index >= 15 is 0 Å². The summed E-state index contributed by atoms with van der Waals surface area (Å²) in [7, 11) is 0. The second-order valence-corrected chi connectivity index (χ2v) is 6.19. The van der Waals surface area contributed by atoms with Crippen LogP contribution in [0.5, 0.6) is 0 Å². The van der Waals surface area contributed by atoms with Gasteiger partial charge >= 0.3 is 0 Å². The molecule has 3 rings (SSSR count). The molecule has 1 heterocycles. The molecule has 2 amide bonds. The van der Waals surface area contributed by atoms with E-state index in [2.05, 4.69) is 0 Å². The lowest BCUT2D eigenvalue weighted by molar-refractivity contribution is -0.114. The Bertz CT molecular complexity index is 851. The van der Waals surface area contributed by atoms with Crippen LogP contribution in [0, 0.1) is 0 Å². The van der Waals surface area contributed by atoms with Gasteiger partial charge in [0.25, 0.3) is 11.8 Å². The minimum Gasteiger partial charge on any atom is -0.398 e. The monoisotopic (exact) mass is 348 g/mol. The molecule has 0 spiro atoms. The smallest absolute Gasteiger partial charge is 0.261 e. The summed E-state index contributed by atoms with van der Waals surface area (Å²) >= 11 is 0. The lowest BCUT2D eigenvalue weighted by atomic mass is 10.1. The molecular weight excluding hydrogens is 328 g/mol. The van der Waals surface area contributed by atoms with Gasteiger partial charge in [0, 0.05) is 18.7 Å². The van der Waals surface area contributed by atoms with Crippen molar-refractivity contribution < 1.29 is 14.4 Å². The second kappa shape index (κ2) is 7.78. The fourth-order valence-electron chi connectivity index (χ4n) is 2.97. The summed E-state index contributed by atoms with van der Waals surface area (Å²) in [5, 5.41) is 0. The predicted octanol–water partition coefficient (Wildman–Crippen LogP) is 3.01. The number of nitrogens with zero attached hydrogens (tertiary/aromatic N) is 1. The van der Waals surface area contributed by atoms with Crippen molar-refractivity contribution in [2.45, 2.75) is 19.3 Å². The minimum atomic E-state index is -0.245. The van der Waals surface area contributed by atoms with Crippen LogP contribution in [0.15, 0.2) is 60.7 Å². The van der Waals surface area contributed by atoms with Gasteiger partial charge in [-0.3, -0.25) is 19.3 Å². The van der Waals surface area contributed by atoms with Crippen molar-refractivity contribution in [2.24, 2.45) is 0 Å². The topological polar surface area (TPSA) is 80.5 Å². The molecule has 0 unspecified atom stereocenters. The molecule has 0 saturated heterocycles. The maximum absolute atomic E-state index is 12.2. The van der Waals surface area contributed by atoms with E-state index < -0.39 is 0 Å². The number of nitrogen functional groups attached to an aromatic ring is 1. The number of hydrogen-bond acceptors (Lipinski definition) is 4. The zero-order valence-corrected chi connectivity index (χ0v) is 14.4. The van der Waals surface area contributed by atoms with Crippen molar-refractivity contribution in [2.75, 3.05) is 12.3 Å². The third kappa shape index (κ3) is 3.72. The lowest BCUT2D eigenvalue weighted by Gasteiger charge is -2.12. The Kier molecular flexibility index (Phi) is 5.27. The molecule has 2 aromatic carbocycles. The van der Waals surface area contributed by atoms with Crippen molar-refractivity contribution >= 4 is 23.3 Å². The fourth-order valence-corrected chi connectivity index (χ4v) is 2.97. The second-order valence-electron chi connectivity index (χ2n) is 6.19. The highest BCUT2D eigenvalue weighted by Gasteiger charge is 2.34. The molecule has 1 aliphatic rings. The largest absolute Gasteiger partial charge is 0.398 e. The van der Waals surface area contributed by atoms with Crippen LogP contribution in [-0.4, -0.2) is 29.0 Å². The molecule has 1 aliphatic heterocycles. The average molecular weight is 348 g/mol. The number of benzene rings is 2. The third-order valence-electron chi connectivity index (χ3n) is 4.35. The van der Waals surface area contributed by atoms with Crippen molar-refractivity contribution in [3.05, 3.63) is 77.4 Å². The van der Waals surface area contributed by atoms with Gasteiger partial charge in [0.1, 0.15) is 0 Å². The Labute approximate surface area is 152 Å². The van der Waals surface area contributed by atoms with Crippen molar-refractivity contribution in [1.29, 1.82) is 0 Å². The fraction of sp³-hybridized carbons (Fsp3) is 0.190. The molecule has 0 atom stereocenters. The standard InChI is InChI=1S/C21H20N2O3/c22-19-12-6-3-8-15(19)14-16(24)9-2-1-7-13-23-20(25)17-10-4-5-11-18(17)21(23)26/h2-6,8-12H,1,7,13-14,22H2/b9-2+. The number of fused-ring (bicyclic) bond motifs is 1. The number of anilines is 1. The Balaban J connectivity index is 1.47. The summed E-state index contributed by atoms with van der Waals surface area (Å²) < 4.78 is 0.